The molecule has 0 saturated heterocycles. The van der Waals surface area contributed by atoms with Crippen molar-refractivity contribution in [2.24, 2.45) is 0 Å². The third kappa shape index (κ3) is 5.57. The minimum Gasteiger partial charge on any atom is -0.393 e. The highest BCUT2D eigenvalue weighted by Gasteiger charge is 2.13. The first kappa shape index (κ1) is 17.3. The van der Waals surface area contributed by atoms with Crippen LogP contribution in [0.25, 0.3) is 0 Å². The first-order valence-electron chi connectivity index (χ1n) is 7.21. The maximum absolute atomic E-state index is 13.2. The van der Waals surface area contributed by atoms with Gasteiger partial charge in [0, 0.05) is 20.0 Å². The van der Waals surface area contributed by atoms with Crippen molar-refractivity contribution in [1.82, 2.24) is 15.1 Å². The average molecular weight is 338 g/mol. The second-order valence-electron chi connectivity index (χ2n) is 5.30. The van der Waals surface area contributed by atoms with Gasteiger partial charge in [0.05, 0.1) is 6.10 Å². The Labute approximate surface area is 138 Å². The zero-order valence-corrected chi connectivity index (χ0v) is 13.8. The van der Waals surface area contributed by atoms with Gasteiger partial charge in [0.1, 0.15) is 10.8 Å². The van der Waals surface area contributed by atoms with Gasteiger partial charge in [-0.3, -0.25) is 5.32 Å². The molecule has 1 unspecified atom stereocenters. The van der Waals surface area contributed by atoms with Crippen LogP contribution in [-0.4, -0.2) is 45.9 Å². The molecule has 6 nitrogen and oxygen atoms in total. The van der Waals surface area contributed by atoms with Gasteiger partial charge in [-0.1, -0.05) is 23.5 Å². The number of hydrogen-bond acceptors (Lipinski definition) is 5. The number of hydrogen-bond donors (Lipinski definition) is 2. The van der Waals surface area contributed by atoms with Crippen LogP contribution in [-0.2, 0) is 6.42 Å². The maximum atomic E-state index is 13.2. The first-order valence-corrected chi connectivity index (χ1v) is 8.02. The standard InChI is InChI=1S/C15H19FN4O2S/c1-10(21)6-7-20(2)15(22)17-14-19-18-13(23-14)9-11-4-3-5-12(16)8-11/h3-5,8,10,21H,6-7,9H2,1-2H3,(H,17,19,22). The molecule has 124 valence electrons. The fraction of sp³-hybridized carbons (Fsp3) is 0.400. The van der Waals surface area contributed by atoms with Crippen LogP contribution in [0.15, 0.2) is 24.3 Å². The van der Waals surface area contributed by atoms with Gasteiger partial charge in [0.15, 0.2) is 0 Å². The summed E-state index contributed by atoms with van der Waals surface area (Å²) in [6.45, 7) is 2.12. The Hall–Kier alpha value is -2.06. The molecule has 1 aromatic carbocycles. The van der Waals surface area contributed by atoms with E-state index < -0.39 is 6.10 Å². The lowest BCUT2D eigenvalue weighted by Gasteiger charge is -2.17. The van der Waals surface area contributed by atoms with Crippen molar-refractivity contribution in [2.75, 3.05) is 18.9 Å². The van der Waals surface area contributed by atoms with Crippen molar-refractivity contribution < 1.29 is 14.3 Å². The molecule has 0 aliphatic rings. The fourth-order valence-electron chi connectivity index (χ4n) is 1.87. The summed E-state index contributed by atoms with van der Waals surface area (Å²) in [6, 6.07) is 5.99. The Bertz CT molecular complexity index is 662. The van der Waals surface area contributed by atoms with Gasteiger partial charge >= 0.3 is 6.03 Å². The lowest BCUT2D eigenvalue weighted by Crippen LogP contribution is -2.33. The fourth-order valence-corrected chi connectivity index (χ4v) is 2.63. The van der Waals surface area contributed by atoms with Crippen LogP contribution in [0, 0.1) is 5.82 Å². The molecule has 1 heterocycles. The second kappa shape index (κ2) is 7.98. The van der Waals surface area contributed by atoms with Gasteiger partial charge in [-0.2, -0.15) is 0 Å². The topological polar surface area (TPSA) is 78.4 Å². The van der Waals surface area contributed by atoms with Crippen molar-refractivity contribution in [3.63, 3.8) is 0 Å². The van der Waals surface area contributed by atoms with Gasteiger partial charge in [0.25, 0.3) is 0 Å². The van der Waals surface area contributed by atoms with Crippen LogP contribution in [0.2, 0.25) is 0 Å². The zero-order valence-electron chi connectivity index (χ0n) is 13.0. The number of halogens is 1. The van der Waals surface area contributed by atoms with Gasteiger partial charge in [-0.25, -0.2) is 9.18 Å². The number of nitrogens with zero attached hydrogens (tertiary/aromatic N) is 3. The zero-order chi connectivity index (χ0) is 16.8. The van der Waals surface area contributed by atoms with Crippen LogP contribution in [0.5, 0.6) is 0 Å². The average Bonchev–Trinajstić information content (AvgIpc) is 2.91. The van der Waals surface area contributed by atoms with Gasteiger partial charge in [-0.05, 0) is 31.0 Å². The van der Waals surface area contributed by atoms with Crippen LogP contribution >= 0.6 is 11.3 Å². The molecule has 1 atom stereocenters. The van der Waals surface area contributed by atoms with Crippen molar-refractivity contribution in [3.05, 3.63) is 40.7 Å². The second-order valence-corrected chi connectivity index (χ2v) is 6.36. The van der Waals surface area contributed by atoms with E-state index >= 15 is 0 Å². The van der Waals surface area contributed by atoms with E-state index in [0.29, 0.717) is 29.5 Å². The number of amides is 2. The Morgan fingerprint density at radius 3 is 2.96 bits per heavy atom. The molecule has 2 rings (SSSR count). The van der Waals surface area contributed by atoms with Gasteiger partial charge in [0.2, 0.25) is 5.13 Å². The monoisotopic (exact) mass is 338 g/mol. The third-order valence-corrected chi connectivity index (χ3v) is 3.99. The molecule has 0 bridgehead atoms. The van der Waals surface area contributed by atoms with Crippen LogP contribution in [0.3, 0.4) is 0 Å². The number of aliphatic hydroxyl groups is 1. The highest BCUT2D eigenvalue weighted by atomic mass is 32.1. The van der Waals surface area contributed by atoms with E-state index in [1.807, 2.05) is 6.07 Å². The lowest BCUT2D eigenvalue weighted by atomic mass is 10.1. The van der Waals surface area contributed by atoms with Crippen LogP contribution < -0.4 is 5.32 Å². The predicted molar refractivity (Wildman–Crippen MR) is 87.1 cm³/mol. The number of carbonyl (C=O) groups excluding carboxylic acids is 1. The highest BCUT2D eigenvalue weighted by Crippen LogP contribution is 2.19. The quantitative estimate of drug-likeness (QED) is 0.848. The summed E-state index contributed by atoms with van der Waals surface area (Å²) in [5, 5.41) is 20.9. The molecule has 0 spiro atoms. The number of aromatic nitrogens is 2. The molecule has 2 amide bonds. The smallest absolute Gasteiger partial charge is 0.323 e. The molecule has 0 radical (unpaired) electrons. The summed E-state index contributed by atoms with van der Waals surface area (Å²) in [5.74, 6) is -0.291. The lowest BCUT2D eigenvalue weighted by molar-refractivity contribution is 0.167. The molecule has 0 aliphatic heterocycles. The summed E-state index contributed by atoms with van der Waals surface area (Å²) in [7, 11) is 1.65. The van der Waals surface area contributed by atoms with Crippen molar-refractivity contribution in [3.8, 4) is 0 Å². The molecule has 1 aromatic heterocycles. The summed E-state index contributed by atoms with van der Waals surface area (Å²) in [5.41, 5.74) is 0.799. The van der Waals surface area contributed by atoms with E-state index in [-0.39, 0.29) is 11.8 Å². The summed E-state index contributed by atoms with van der Waals surface area (Å²) < 4.78 is 13.2. The number of urea groups is 1. The minimum atomic E-state index is -0.454. The highest BCUT2D eigenvalue weighted by molar-refractivity contribution is 7.15. The molecule has 0 fully saturated rings. The number of carbonyl (C=O) groups is 1. The van der Waals surface area contributed by atoms with E-state index in [1.54, 1.807) is 20.0 Å². The Morgan fingerprint density at radius 1 is 1.48 bits per heavy atom. The molecule has 0 aliphatic carbocycles. The van der Waals surface area contributed by atoms with E-state index in [2.05, 4.69) is 15.5 Å². The van der Waals surface area contributed by atoms with Crippen molar-refractivity contribution in [1.29, 1.82) is 0 Å². The molecule has 0 saturated carbocycles. The van der Waals surface area contributed by atoms with Crippen LogP contribution in [0.1, 0.15) is 23.9 Å². The number of anilines is 1. The summed E-state index contributed by atoms with van der Waals surface area (Å²) >= 11 is 1.25. The number of benzene rings is 1. The van der Waals surface area contributed by atoms with Crippen LogP contribution in [0.4, 0.5) is 14.3 Å². The molecular formula is C15H19FN4O2S. The van der Waals surface area contributed by atoms with E-state index in [1.165, 1.54) is 28.4 Å². The number of nitrogens with one attached hydrogen (secondary N) is 1. The SMILES string of the molecule is CC(O)CCN(C)C(=O)Nc1nnc(Cc2cccc(F)c2)s1. The van der Waals surface area contributed by atoms with E-state index in [0.717, 1.165) is 5.56 Å². The minimum absolute atomic E-state index is 0.291. The normalized spacial score (nSPS) is 12.0. The largest absolute Gasteiger partial charge is 0.393 e. The molecule has 2 N–H and O–H groups in total. The van der Waals surface area contributed by atoms with Gasteiger partial charge < -0.3 is 10.0 Å². The third-order valence-electron chi connectivity index (χ3n) is 3.15. The van der Waals surface area contributed by atoms with E-state index in [9.17, 15) is 14.3 Å². The van der Waals surface area contributed by atoms with Gasteiger partial charge in [-0.15, -0.1) is 10.2 Å². The summed E-state index contributed by atoms with van der Waals surface area (Å²) in [6.07, 6.45) is 0.512. The predicted octanol–water partition coefficient (Wildman–Crippen LogP) is 2.50. The Morgan fingerprint density at radius 2 is 2.26 bits per heavy atom. The maximum Gasteiger partial charge on any atom is 0.323 e. The van der Waals surface area contributed by atoms with E-state index in [4.69, 9.17) is 0 Å². The Kier molecular flexibility index (Phi) is 6.00. The summed E-state index contributed by atoms with van der Waals surface area (Å²) in [4.78, 5) is 13.4. The van der Waals surface area contributed by atoms with Crippen molar-refractivity contribution in [2.45, 2.75) is 25.9 Å². The van der Waals surface area contributed by atoms with Crippen molar-refractivity contribution >= 4 is 22.5 Å². The Balaban J connectivity index is 1.90. The molecule has 2 aromatic rings. The molecular weight excluding hydrogens is 319 g/mol. The number of aliphatic hydroxyl groups excluding tert-OH is 1. The first-order chi connectivity index (χ1) is 10.9. The molecule has 23 heavy (non-hydrogen) atoms. The molecule has 8 heteroatoms. The number of rotatable bonds is 6.